The highest BCUT2D eigenvalue weighted by Gasteiger charge is 2.54. The van der Waals surface area contributed by atoms with E-state index in [0.717, 1.165) is 10.0 Å². The van der Waals surface area contributed by atoms with Crippen molar-refractivity contribution < 1.29 is 19.2 Å². The maximum atomic E-state index is 13.4. The number of anilines is 2. The SMILES string of the molecule is CC1(C)CN(c2ccccc2)N(C(=O)C(=O)N2C(=O)C(C)(C)CN2c2ccccc2)C1=O. The lowest BCUT2D eigenvalue weighted by Gasteiger charge is -2.31. The van der Waals surface area contributed by atoms with Gasteiger partial charge in [0.05, 0.1) is 35.3 Å². The fraction of sp³-hybridized carbons (Fsp3) is 0.333. The lowest BCUT2D eigenvalue weighted by Crippen LogP contribution is -2.55. The molecule has 2 aliphatic heterocycles. The molecule has 0 aliphatic carbocycles. The molecule has 4 rings (SSSR count). The zero-order valence-corrected chi connectivity index (χ0v) is 18.6. The molecule has 2 aromatic carbocycles. The molecule has 2 heterocycles. The summed E-state index contributed by atoms with van der Waals surface area (Å²) in [5.74, 6) is -3.10. The Kier molecular flexibility index (Phi) is 5.03. The van der Waals surface area contributed by atoms with Crippen molar-refractivity contribution in [1.29, 1.82) is 0 Å². The van der Waals surface area contributed by atoms with Gasteiger partial charge in [0.1, 0.15) is 0 Å². The van der Waals surface area contributed by atoms with E-state index in [9.17, 15) is 19.2 Å². The highest BCUT2D eigenvalue weighted by molar-refractivity contribution is 6.41. The van der Waals surface area contributed by atoms with Crippen molar-refractivity contribution in [3.8, 4) is 0 Å². The summed E-state index contributed by atoms with van der Waals surface area (Å²) in [6.45, 7) is 7.37. The van der Waals surface area contributed by atoms with E-state index in [1.165, 1.54) is 10.0 Å². The average molecular weight is 434 g/mol. The van der Waals surface area contributed by atoms with Crippen LogP contribution in [0.2, 0.25) is 0 Å². The van der Waals surface area contributed by atoms with E-state index in [2.05, 4.69) is 0 Å². The fourth-order valence-corrected chi connectivity index (χ4v) is 4.02. The molecule has 32 heavy (non-hydrogen) atoms. The first-order valence-electron chi connectivity index (χ1n) is 10.5. The molecule has 166 valence electrons. The molecule has 4 amide bonds. The van der Waals surface area contributed by atoms with Crippen LogP contribution >= 0.6 is 0 Å². The van der Waals surface area contributed by atoms with Crippen molar-refractivity contribution in [2.45, 2.75) is 27.7 Å². The van der Waals surface area contributed by atoms with Gasteiger partial charge in [-0.3, -0.25) is 29.2 Å². The third-order valence-corrected chi connectivity index (χ3v) is 5.79. The minimum Gasteiger partial charge on any atom is -0.274 e. The smallest absolute Gasteiger partial charge is 0.274 e. The molecule has 0 unspecified atom stereocenters. The molecule has 2 aliphatic rings. The number of hydrogen-bond donors (Lipinski definition) is 0. The first-order valence-corrected chi connectivity index (χ1v) is 10.5. The zero-order valence-electron chi connectivity index (χ0n) is 18.6. The molecule has 0 N–H and O–H groups in total. The Balaban J connectivity index is 1.71. The van der Waals surface area contributed by atoms with Crippen LogP contribution in [-0.2, 0) is 19.2 Å². The van der Waals surface area contributed by atoms with Gasteiger partial charge < -0.3 is 0 Å². The Labute approximate surface area is 186 Å². The second-order valence-electron chi connectivity index (χ2n) is 9.40. The van der Waals surface area contributed by atoms with E-state index >= 15 is 0 Å². The molecule has 2 saturated heterocycles. The summed E-state index contributed by atoms with van der Waals surface area (Å²) in [4.78, 5) is 53.1. The lowest BCUT2D eigenvalue weighted by molar-refractivity contribution is -0.160. The number of nitrogens with zero attached hydrogens (tertiary/aromatic N) is 4. The van der Waals surface area contributed by atoms with Gasteiger partial charge in [-0.25, -0.2) is 0 Å². The number of benzene rings is 2. The molecule has 0 saturated carbocycles. The Bertz CT molecular complexity index is 994. The third kappa shape index (κ3) is 3.41. The van der Waals surface area contributed by atoms with E-state index in [-0.39, 0.29) is 13.1 Å². The largest absolute Gasteiger partial charge is 0.340 e. The van der Waals surface area contributed by atoms with Crippen LogP contribution in [0.25, 0.3) is 0 Å². The van der Waals surface area contributed by atoms with Crippen LogP contribution in [0.5, 0.6) is 0 Å². The summed E-state index contributed by atoms with van der Waals surface area (Å²) >= 11 is 0. The van der Waals surface area contributed by atoms with E-state index in [4.69, 9.17) is 0 Å². The summed E-state index contributed by atoms with van der Waals surface area (Å²) in [6, 6.07) is 17.9. The number of hydrogen-bond acceptors (Lipinski definition) is 6. The first kappa shape index (κ1) is 21.5. The Morgan fingerprint density at radius 2 is 0.938 bits per heavy atom. The Morgan fingerprint density at radius 3 is 1.25 bits per heavy atom. The van der Waals surface area contributed by atoms with Crippen LogP contribution in [0.1, 0.15) is 27.7 Å². The highest BCUT2D eigenvalue weighted by atomic mass is 16.2. The van der Waals surface area contributed by atoms with Gasteiger partial charge in [-0.05, 0) is 52.0 Å². The molecule has 2 fully saturated rings. The summed E-state index contributed by atoms with van der Waals surface area (Å²) in [5, 5.41) is 4.75. The molecule has 0 spiro atoms. The van der Waals surface area contributed by atoms with Crippen molar-refractivity contribution in [3.63, 3.8) is 0 Å². The maximum absolute atomic E-state index is 13.4. The molecular formula is C24H26N4O4. The fourth-order valence-electron chi connectivity index (χ4n) is 4.02. The molecule has 0 aromatic heterocycles. The molecule has 8 nitrogen and oxygen atoms in total. The Morgan fingerprint density at radius 1 is 0.625 bits per heavy atom. The van der Waals surface area contributed by atoms with Crippen LogP contribution in [0, 0.1) is 10.8 Å². The van der Waals surface area contributed by atoms with Crippen LogP contribution in [0.4, 0.5) is 11.4 Å². The number of para-hydroxylation sites is 2. The van der Waals surface area contributed by atoms with Gasteiger partial charge in [-0.2, -0.15) is 10.0 Å². The average Bonchev–Trinajstić information content (AvgIpc) is 3.17. The van der Waals surface area contributed by atoms with Gasteiger partial charge in [-0.15, -0.1) is 0 Å². The van der Waals surface area contributed by atoms with Gasteiger partial charge in [0.15, 0.2) is 0 Å². The topological polar surface area (TPSA) is 81.2 Å². The van der Waals surface area contributed by atoms with Crippen LogP contribution in [0.3, 0.4) is 0 Å². The quantitative estimate of drug-likeness (QED) is 0.676. The van der Waals surface area contributed by atoms with E-state index in [1.54, 1.807) is 76.2 Å². The van der Waals surface area contributed by atoms with Gasteiger partial charge in [0.25, 0.3) is 11.8 Å². The number of carbonyl (C=O) groups is 4. The van der Waals surface area contributed by atoms with Crippen LogP contribution in [-0.4, -0.2) is 46.7 Å². The minimum absolute atomic E-state index is 0.233. The minimum atomic E-state index is -1.06. The van der Waals surface area contributed by atoms with Gasteiger partial charge in [-0.1, -0.05) is 36.4 Å². The number of imide groups is 2. The van der Waals surface area contributed by atoms with E-state index in [1.807, 2.05) is 12.1 Å². The van der Waals surface area contributed by atoms with Gasteiger partial charge >= 0.3 is 11.8 Å². The third-order valence-electron chi connectivity index (χ3n) is 5.79. The summed E-state index contributed by atoms with van der Waals surface area (Å²) in [6.07, 6.45) is 0. The number of carbonyl (C=O) groups excluding carboxylic acids is 4. The molecular weight excluding hydrogens is 408 g/mol. The number of amides is 4. The van der Waals surface area contributed by atoms with E-state index in [0.29, 0.717) is 11.4 Å². The van der Waals surface area contributed by atoms with E-state index < -0.39 is 34.5 Å². The van der Waals surface area contributed by atoms with Crippen LogP contribution < -0.4 is 10.0 Å². The van der Waals surface area contributed by atoms with Crippen molar-refractivity contribution >= 4 is 35.0 Å². The molecule has 0 atom stereocenters. The lowest BCUT2D eigenvalue weighted by atomic mass is 9.93. The predicted octanol–water partition coefficient (Wildman–Crippen LogP) is 2.62. The first-order chi connectivity index (χ1) is 15.0. The molecule has 8 heteroatoms. The molecule has 0 bridgehead atoms. The molecule has 2 aromatic rings. The maximum Gasteiger partial charge on any atom is 0.340 e. The standard InChI is InChI=1S/C24H26N4O4/c1-23(2)15-25(17-11-7-5-8-12-17)27(21(23)31)19(29)20(30)28-22(32)24(3,4)16-26(28)18-13-9-6-10-14-18/h5-14H,15-16H2,1-4H3. The zero-order chi connectivity index (χ0) is 23.3. The van der Waals surface area contributed by atoms with Crippen LogP contribution in [0.15, 0.2) is 60.7 Å². The second kappa shape index (κ2) is 7.47. The predicted molar refractivity (Wildman–Crippen MR) is 119 cm³/mol. The monoisotopic (exact) mass is 434 g/mol. The Hall–Kier alpha value is -3.68. The van der Waals surface area contributed by atoms with Crippen molar-refractivity contribution in [1.82, 2.24) is 10.0 Å². The second-order valence-corrected chi connectivity index (χ2v) is 9.40. The number of rotatable bonds is 2. The van der Waals surface area contributed by atoms with Crippen molar-refractivity contribution in [2.75, 3.05) is 23.1 Å². The summed E-state index contributed by atoms with van der Waals surface area (Å²) < 4.78 is 0. The van der Waals surface area contributed by atoms with Gasteiger partial charge in [0.2, 0.25) is 0 Å². The highest BCUT2D eigenvalue weighted by Crippen LogP contribution is 2.36. The molecule has 0 radical (unpaired) electrons. The normalized spacial score (nSPS) is 19.6. The van der Waals surface area contributed by atoms with Gasteiger partial charge in [0, 0.05) is 0 Å². The summed E-state index contributed by atoms with van der Waals surface area (Å²) in [5.41, 5.74) is -0.528. The van der Waals surface area contributed by atoms with Crippen molar-refractivity contribution in [3.05, 3.63) is 60.7 Å². The van der Waals surface area contributed by atoms with Crippen molar-refractivity contribution in [2.24, 2.45) is 10.8 Å². The number of hydrazine groups is 2. The summed E-state index contributed by atoms with van der Waals surface area (Å²) in [7, 11) is 0.